The van der Waals surface area contributed by atoms with Gasteiger partial charge in [0.1, 0.15) is 13.2 Å². The van der Waals surface area contributed by atoms with Gasteiger partial charge in [-0.05, 0) is 83.5 Å². The molecule has 0 fully saturated rings. The van der Waals surface area contributed by atoms with E-state index in [1.54, 1.807) is 0 Å². The van der Waals surface area contributed by atoms with E-state index in [2.05, 4.69) is 69.4 Å². The lowest BCUT2D eigenvalue weighted by Crippen LogP contribution is -2.30. The van der Waals surface area contributed by atoms with E-state index in [1.807, 2.05) is 0 Å². The fourth-order valence-electron chi connectivity index (χ4n) is 9.09. The van der Waals surface area contributed by atoms with Crippen LogP contribution < -0.4 is 0 Å². The van der Waals surface area contributed by atoms with Crippen molar-refractivity contribution in [1.82, 2.24) is 0 Å². The average Bonchev–Trinajstić information content (AvgIpc) is 3.37. The van der Waals surface area contributed by atoms with Crippen LogP contribution in [-0.2, 0) is 28.6 Å². The quantitative estimate of drug-likeness (QED) is 0.0261. The maximum Gasteiger partial charge on any atom is 0.306 e. The lowest BCUT2D eigenvalue weighted by molar-refractivity contribution is -0.167. The monoisotopic (exact) mass is 995 g/mol. The molecule has 0 rings (SSSR count). The molecule has 0 saturated carbocycles. The molecule has 0 aromatic rings. The number of hydrogen-bond acceptors (Lipinski definition) is 6. The maximum absolute atomic E-state index is 12.9. The zero-order chi connectivity index (χ0) is 51.4. The molecule has 0 aliphatic carbocycles. The van der Waals surface area contributed by atoms with Crippen LogP contribution >= 0.6 is 0 Å². The molecular weight excluding hydrogens is 877 g/mol. The molecule has 0 amide bonds. The molecule has 6 nitrogen and oxygen atoms in total. The van der Waals surface area contributed by atoms with Crippen LogP contribution in [0.25, 0.3) is 0 Å². The van der Waals surface area contributed by atoms with Crippen LogP contribution in [0.5, 0.6) is 0 Å². The highest BCUT2D eigenvalue weighted by Gasteiger charge is 2.19. The molecule has 71 heavy (non-hydrogen) atoms. The van der Waals surface area contributed by atoms with Crippen LogP contribution in [0, 0.1) is 0 Å². The Morgan fingerprint density at radius 3 is 0.831 bits per heavy atom. The summed E-state index contributed by atoms with van der Waals surface area (Å²) in [5.41, 5.74) is 0. The highest BCUT2D eigenvalue weighted by molar-refractivity contribution is 5.71. The van der Waals surface area contributed by atoms with Gasteiger partial charge in [-0.2, -0.15) is 0 Å². The van der Waals surface area contributed by atoms with Gasteiger partial charge < -0.3 is 14.2 Å². The van der Waals surface area contributed by atoms with Crippen molar-refractivity contribution < 1.29 is 28.6 Å². The van der Waals surface area contributed by atoms with Gasteiger partial charge in [-0.15, -0.1) is 0 Å². The fraction of sp³-hybridized carbons (Fsp3) is 0.831. The Hall–Kier alpha value is -2.63. The second-order valence-electron chi connectivity index (χ2n) is 21.0. The normalized spacial score (nSPS) is 12.3. The minimum Gasteiger partial charge on any atom is -0.462 e. The van der Waals surface area contributed by atoms with Crippen molar-refractivity contribution in [2.75, 3.05) is 13.2 Å². The average molecular weight is 996 g/mol. The molecule has 0 aliphatic heterocycles. The number of ether oxygens (including phenoxy) is 3. The SMILES string of the molecule is CCCCC/C=C\C/C=C\C/C=C\CCCCCCC(=O)O[C@@H](COC(=O)CCCCCCCCC/C=C\CCCCCCCCCC)COC(=O)CCCCCCCCCCCCCCCCCCC. The van der Waals surface area contributed by atoms with Crippen molar-refractivity contribution in [1.29, 1.82) is 0 Å². The fourth-order valence-corrected chi connectivity index (χ4v) is 9.09. The van der Waals surface area contributed by atoms with Gasteiger partial charge in [0, 0.05) is 19.3 Å². The topological polar surface area (TPSA) is 78.9 Å². The number of unbranched alkanes of at least 4 members (excludes halogenated alkanes) is 38. The van der Waals surface area contributed by atoms with Crippen LogP contribution in [-0.4, -0.2) is 37.2 Å². The van der Waals surface area contributed by atoms with Crippen molar-refractivity contribution >= 4 is 17.9 Å². The number of rotatable bonds is 57. The number of esters is 3. The van der Waals surface area contributed by atoms with Crippen molar-refractivity contribution in [3.05, 3.63) is 48.6 Å². The lowest BCUT2D eigenvalue weighted by Gasteiger charge is -2.18. The molecule has 0 bridgehead atoms. The third kappa shape index (κ3) is 58.1. The van der Waals surface area contributed by atoms with Gasteiger partial charge in [0.2, 0.25) is 0 Å². The number of allylic oxidation sites excluding steroid dienone is 8. The minimum absolute atomic E-state index is 0.0802. The predicted molar refractivity (Wildman–Crippen MR) is 307 cm³/mol. The first kappa shape index (κ1) is 68.4. The first-order valence-electron chi connectivity index (χ1n) is 31.1. The summed E-state index contributed by atoms with van der Waals surface area (Å²) in [7, 11) is 0. The Bertz CT molecular complexity index is 1230. The van der Waals surface area contributed by atoms with Crippen molar-refractivity contribution in [2.24, 2.45) is 0 Å². The summed E-state index contributed by atoms with van der Waals surface area (Å²) in [5, 5.41) is 0. The molecule has 0 unspecified atom stereocenters. The molecule has 6 heteroatoms. The van der Waals surface area contributed by atoms with Crippen molar-refractivity contribution in [3.8, 4) is 0 Å². The Morgan fingerprint density at radius 2 is 0.507 bits per heavy atom. The standard InChI is InChI=1S/C65H118O6/c1-4-7-10-13-16-19-22-25-28-31-32-35-37-40-43-46-49-52-55-58-64(67)70-61-62(71-65(68)59-56-53-50-47-44-41-38-34-30-27-24-21-18-15-12-9-6-3)60-69-63(66)57-54-51-48-45-42-39-36-33-29-26-23-20-17-14-11-8-5-2/h18,21,27,30-32,38,41,62H,4-17,19-20,22-26,28-29,33-37,39-40,42-61H2,1-3H3/b21-18-,30-27-,32-31-,41-38-/t62-/m1/s1. The molecule has 0 spiro atoms. The number of carbonyl (C=O) groups is 3. The van der Waals surface area contributed by atoms with E-state index >= 15 is 0 Å². The van der Waals surface area contributed by atoms with Gasteiger partial charge in [0.25, 0.3) is 0 Å². The van der Waals surface area contributed by atoms with Crippen LogP contribution in [0.4, 0.5) is 0 Å². The smallest absolute Gasteiger partial charge is 0.306 e. The highest BCUT2D eigenvalue weighted by Crippen LogP contribution is 2.17. The van der Waals surface area contributed by atoms with Gasteiger partial charge in [0.05, 0.1) is 0 Å². The van der Waals surface area contributed by atoms with Crippen molar-refractivity contribution in [2.45, 2.75) is 335 Å². The summed E-state index contributed by atoms with van der Waals surface area (Å²) in [6.45, 7) is 6.64. The molecule has 1 atom stereocenters. The molecular formula is C65H118O6. The Balaban J connectivity index is 4.38. The second-order valence-corrected chi connectivity index (χ2v) is 21.0. The molecule has 0 aliphatic rings. The van der Waals surface area contributed by atoms with E-state index in [4.69, 9.17) is 14.2 Å². The summed E-state index contributed by atoms with van der Waals surface area (Å²) in [6.07, 6.45) is 73.9. The number of hydrogen-bond donors (Lipinski definition) is 0. The van der Waals surface area contributed by atoms with E-state index in [0.717, 1.165) is 83.5 Å². The molecule has 0 radical (unpaired) electrons. The van der Waals surface area contributed by atoms with Crippen molar-refractivity contribution in [3.63, 3.8) is 0 Å². The lowest BCUT2D eigenvalue weighted by atomic mass is 10.0. The Labute approximate surface area is 441 Å². The molecule has 0 N–H and O–H groups in total. The Morgan fingerprint density at radius 1 is 0.282 bits per heavy atom. The predicted octanol–water partition coefficient (Wildman–Crippen LogP) is 21.0. The van der Waals surface area contributed by atoms with Gasteiger partial charge in [-0.25, -0.2) is 0 Å². The molecule has 414 valence electrons. The van der Waals surface area contributed by atoms with E-state index in [1.165, 1.54) is 205 Å². The zero-order valence-electron chi connectivity index (χ0n) is 47.5. The van der Waals surface area contributed by atoms with Crippen LogP contribution in [0.3, 0.4) is 0 Å². The van der Waals surface area contributed by atoms with Crippen LogP contribution in [0.2, 0.25) is 0 Å². The maximum atomic E-state index is 12.9. The molecule has 0 heterocycles. The molecule has 0 saturated heterocycles. The third-order valence-electron chi connectivity index (χ3n) is 13.8. The second kappa shape index (κ2) is 59.9. The minimum atomic E-state index is -0.785. The molecule has 0 aromatic heterocycles. The largest absolute Gasteiger partial charge is 0.462 e. The number of carbonyl (C=O) groups excluding carboxylic acids is 3. The van der Waals surface area contributed by atoms with E-state index in [0.29, 0.717) is 19.3 Å². The van der Waals surface area contributed by atoms with Gasteiger partial charge in [-0.3, -0.25) is 14.4 Å². The van der Waals surface area contributed by atoms with Crippen LogP contribution in [0.1, 0.15) is 329 Å². The highest BCUT2D eigenvalue weighted by atomic mass is 16.6. The summed E-state index contributed by atoms with van der Waals surface area (Å²) in [5.74, 6) is -0.887. The first-order valence-corrected chi connectivity index (χ1v) is 31.1. The van der Waals surface area contributed by atoms with E-state index in [9.17, 15) is 14.4 Å². The van der Waals surface area contributed by atoms with Gasteiger partial charge in [0.15, 0.2) is 6.10 Å². The summed E-state index contributed by atoms with van der Waals surface area (Å²) < 4.78 is 16.9. The van der Waals surface area contributed by atoms with Gasteiger partial charge in [-0.1, -0.05) is 275 Å². The summed E-state index contributed by atoms with van der Waals surface area (Å²) >= 11 is 0. The first-order chi connectivity index (χ1) is 35.0. The molecule has 0 aromatic carbocycles. The Kier molecular flexibility index (Phi) is 57.7. The van der Waals surface area contributed by atoms with Gasteiger partial charge >= 0.3 is 17.9 Å². The van der Waals surface area contributed by atoms with Crippen LogP contribution in [0.15, 0.2) is 48.6 Å². The van der Waals surface area contributed by atoms with E-state index in [-0.39, 0.29) is 31.1 Å². The van der Waals surface area contributed by atoms with E-state index < -0.39 is 6.10 Å². The summed E-state index contributed by atoms with van der Waals surface area (Å²) in [4.78, 5) is 38.3. The summed E-state index contributed by atoms with van der Waals surface area (Å²) in [6, 6.07) is 0. The zero-order valence-corrected chi connectivity index (χ0v) is 47.5. The third-order valence-corrected chi connectivity index (χ3v) is 13.8.